The maximum atomic E-state index is 14.4. The number of carbonyl (C=O) groups is 1. The molecular weight excluding hydrogens is 517 g/mol. The zero-order valence-corrected chi connectivity index (χ0v) is 24.1. The molecule has 2 fully saturated rings. The van der Waals surface area contributed by atoms with Crippen LogP contribution in [0.1, 0.15) is 86.4 Å². The Kier molecular flexibility index (Phi) is 8.24. The highest BCUT2D eigenvalue weighted by Crippen LogP contribution is 2.47. The Balaban J connectivity index is 1.36. The van der Waals surface area contributed by atoms with Crippen LogP contribution in [0.5, 0.6) is 0 Å². The average Bonchev–Trinajstić information content (AvgIpc) is 3.59. The summed E-state index contributed by atoms with van der Waals surface area (Å²) >= 11 is 0. The quantitative estimate of drug-likeness (QED) is 0.176. The van der Waals surface area contributed by atoms with Gasteiger partial charge in [0, 0.05) is 41.3 Å². The van der Waals surface area contributed by atoms with Crippen molar-refractivity contribution in [2.75, 3.05) is 20.3 Å². The Bertz CT molecular complexity index is 1550. The number of esters is 1. The summed E-state index contributed by atoms with van der Waals surface area (Å²) in [5.74, 6) is 1.21. The van der Waals surface area contributed by atoms with E-state index in [1.54, 1.807) is 6.07 Å². The number of H-pyrrole nitrogens is 1. The second-order valence-corrected chi connectivity index (χ2v) is 11.8. The summed E-state index contributed by atoms with van der Waals surface area (Å²) in [6.07, 6.45) is 15.2. The molecule has 41 heavy (non-hydrogen) atoms. The molecule has 0 amide bonds. The van der Waals surface area contributed by atoms with Crippen LogP contribution in [0.15, 0.2) is 48.7 Å². The van der Waals surface area contributed by atoms with E-state index in [0.29, 0.717) is 29.7 Å². The van der Waals surface area contributed by atoms with Crippen LogP contribution in [-0.2, 0) is 14.3 Å². The molecule has 0 bridgehead atoms. The number of methoxy groups -OCH3 is 1. The first-order valence-corrected chi connectivity index (χ1v) is 15.1. The number of nitrogens with zero attached hydrogens (tertiary/aromatic N) is 2. The number of benzene rings is 2. The normalized spacial score (nSPS) is 20.4. The van der Waals surface area contributed by atoms with Crippen LogP contribution in [0.4, 0.5) is 4.39 Å². The number of allylic oxidation sites excluding steroid dienone is 1. The minimum Gasteiger partial charge on any atom is -0.469 e. The molecular formula is C34H40FN3O3. The molecule has 1 aliphatic carbocycles. The lowest BCUT2D eigenvalue weighted by Gasteiger charge is -2.32. The van der Waals surface area contributed by atoms with Crippen molar-refractivity contribution in [2.24, 2.45) is 5.92 Å². The second kappa shape index (κ2) is 12.2. The predicted octanol–water partition coefficient (Wildman–Crippen LogP) is 8.02. The fraction of sp³-hybridized carbons (Fsp3) is 0.471. The number of aromatic nitrogens is 3. The number of hydrogen-bond acceptors (Lipinski definition) is 4. The Morgan fingerprint density at radius 3 is 2.66 bits per heavy atom. The average molecular weight is 558 g/mol. The van der Waals surface area contributed by atoms with Gasteiger partial charge in [-0.25, -0.2) is 4.39 Å². The molecule has 7 heteroatoms. The van der Waals surface area contributed by atoms with Crippen LogP contribution in [0, 0.1) is 18.7 Å². The molecule has 0 radical (unpaired) electrons. The van der Waals surface area contributed by atoms with Crippen LogP contribution in [0.2, 0.25) is 0 Å². The molecule has 6 nitrogen and oxygen atoms in total. The molecule has 0 spiro atoms. The standard InChI is InChI=1S/C34H40FN3O3/c1-22-18-27(12-13-29(22)35)38-31-19-26-21-36-37-30(26)20-28(31)33(34(38)25-14-16-41-17-15-25)24-10-8-23(9-11-24)6-4-3-5-7-32(39)40-2/h3,5,12-13,18-21,23-25H,4,6-11,14-17H2,1-2H3,(H,36,37)/b5-3-. The van der Waals surface area contributed by atoms with E-state index in [4.69, 9.17) is 9.47 Å². The van der Waals surface area contributed by atoms with Gasteiger partial charge < -0.3 is 14.0 Å². The zero-order valence-electron chi connectivity index (χ0n) is 24.1. The Morgan fingerprint density at radius 1 is 1.10 bits per heavy atom. The summed E-state index contributed by atoms with van der Waals surface area (Å²) in [7, 11) is 1.43. The summed E-state index contributed by atoms with van der Waals surface area (Å²) in [5.41, 5.74) is 6.79. The second-order valence-electron chi connectivity index (χ2n) is 11.8. The van der Waals surface area contributed by atoms with Gasteiger partial charge in [-0.3, -0.25) is 9.89 Å². The van der Waals surface area contributed by atoms with E-state index in [9.17, 15) is 9.18 Å². The van der Waals surface area contributed by atoms with Gasteiger partial charge in [-0.05, 0) is 112 Å². The first-order chi connectivity index (χ1) is 20.0. The van der Waals surface area contributed by atoms with Gasteiger partial charge in [0.1, 0.15) is 5.82 Å². The molecule has 1 N–H and O–H groups in total. The number of aryl methyl sites for hydroxylation is 1. The molecule has 0 unspecified atom stereocenters. The Morgan fingerprint density at radius 2 is 1.90 bits per heavy atom. The molecule has 2 aromatic heterocycles. The lowest BCUT2D eigenvalue weighted by molar-refractivity contribution is -0.139. The molecule has 4 aromatic rings. The summed E-state index contributed by atoms with van der Waals surface area (Å²) in [4.78, 5) is 11.4. The number of ether oxygens (including phenoxy) is 2. The van der Waals surface area contributed by atoms with Crippen molar-refractivity contribution >= 4 is 27.8 Å². The largest absolute Gasteiger partial charge is 0.469 e. The number of carbonyl (C=O) groups excluding carboxylic acids is 1. The first kappa shape index (κ1) is 27.7. The van der Waals surface area contributed by atoms with Gasteiger partial charge in [0.25, 0.3) is 0 Å². The van der Waals surface area contributed by atoms with E-state index in [1.807, 2.05) is 31.3 Å². The fourth-order valence-electron chi connectivity index (χ4n) is 7.07. The van der Waals surface area contributed by atoms with Crippen LogP contribution in [0.3, 0.4) is 0 Å². The molecule has 216 valence electrons. The van der Waals surface area contributed by atoms with Gasteiger partial charge in [-0.2, -0.15) is 5.10 Å². The summed E-state index contributed by atoms with van der Waals surface area (Å²) in [6, 6.07) is 10.1. The van der Waals surface area contributed by atoms with Gasteiger partial charge >= 0.3 is 5.97 Å². The van der Waals surface area contributed by atoms with Gasteiger partial charge in [0.05, 0.1) is 30.8 Å². The highest BCUT2D eigenvalue weighted by atomic mass is 19.1. The third-order valence-electron chi connectivity index (χ3n) is 9.29. The topological polar surface area (TPSA) is 69.1 Å². The van der Waals surface area contributed by atoms with E-state index in [1.165, 1.54) is 42.1 Å². The molecule has 2 aromatic carbocycles. The number of hydrogen-bond donors (Lipinski definition) is 1. The van der Waals surface area contributed by atoms with Crippen LogP contribution >= 0.6 is 0 Å². The van der Waals surface area contributed by atoms with E-state index >= 15 is 0 Å². The smallest absolute Gasteiger partial charge is 0.309 e. The van der Waals surface area contributed by atoms with Crippen LogP contribution in [-0.4, -0.2) is 41.1 Å². The maximum absolute atomic E-state index is 14.4. The molecule has 3 heterocycles. The van der Waals surface area contributed by atoms with E-state index in [2.05, 4.69) is 33.0 Å². The third-order valence-corrected chi connectivity index (χ3v) is 9.29. The van der Waals surface area contributed by atoms with Crippen LogP contribution in [0.25, 0.3) is 27.5 Å². The monoisotopic (exact) mass is 557 g/mol. The molecule has 0 atom stereocenters. The number of aromatic amines is 1. The Labute approximate surface area is 240 Å². The maximum Gasteiger partial charge on any atom is 0.309 e. The zero-order chi connectivity index (χ0) is 28.3. The lowest BCUT2D eigenvalue weighted by Crippen LogP contribution is -2.20. The first-order valence-electron chi connectivity index (χ1n) is 15.1. The van der Waals surface area contributed by atoms with Crippen molar-refractivity contribution in [1.82, 2.24) is 14.8 Å². The molecule has 1 aliphatic heterocycles. The van der Waals surface area contributed by atoms with Crippen molar-refractivity contribution in [3.63, 3.8) is 0 Å². The molecule has 1 saturated heterocycles. The summed E-state index contributed by atoms with van der Waals surface area (Å²) < 4.78 is 27.4. The number of nitrogens with one attached hydrogen (secondary N) is 1. The SMILES string of the molecule is COC(=O)C/C=C\CCC1CCC(c2c(C3CCOCC3)n(-c3ccc(F)c(C)c3)c3cc4cn[nH]c4cc23)CC1. The van der Waals surface area contributed by atoms with Crippen molar-refractivity contribution in [1.29, 1.82) is 0 Å². The van der Waals surface area contributed by atoms with Crippen molar-refractivity contribution in [3.05, 3.63) is 71.3 Å². The van der Waals surface area contributed by atoms with Gasteiger partial charge in [-0.1, -0.05) is 12.2 Å². The fourth-order valence-corrected chi connectivity index (χ4v) is 7.07. The lowest BCUT2D eigenvalue weighted by atomic mass is 9.75. The molecule has 1 saturated carbocycles. The molecule has 6 rings (SSSR count). The minimum absolute atomic E-state index is 0.172. The minimum atomic E-state index is -0.190. The number of halogens is 1. The summed E-state index contributed by atoms with van der Waals surface area (Å²) in [6.45, 7) is 3.39. The third kappa shape index (κ3) is 5.69. The van der Waals surface area contributed by atoms with Crippen molar-refractivity contribution in [3.8, 4) is 5.69 Å². The van der Waals surface area contributed by atoms with Gasteiger partial charge in [0.15, 0.2) is 0 Å². The van der Waals surface area contributed by atoms with Gasteiger partial charge in [-0.15, -0.1) is 0 Å². The highest BCUT2D eigenvalue weighted by Gasteiger charge is 2.33. The predicted molar refractivity (Wildman–Crippen MR) is 160 cm³/mol. The van der Waals surface area contributed by atoms with Crippen molar-refractivity contribution in [2.45, 2.75) is 76.5 Å². The van der Waals surface area contributed by atoms with Gasteiger partial charge in [0.2, 0.25) is 0 Å². The highest BCUT2D eigenvalue weighted by molar-refractivity contribution is 5.99. The Hall–Kier alpha value is -3.45. The van der Waals surface area contributed by atoms with Crippen LogP contribution < -0.4 is 0 Å². The van der Waals surface area contributed by atoms with E-state index in [-0.39, 0.29) is 11.8 Å². The number of rotatable bonds is 8. The van der Waals surface area contributed by atoms with E-state index in [0.717, 1.165) is 68.3 Å². The summed E-state index contributed by atoms with van der Waals surface area (Å²) in [5, 5.41) is 9.89. The van der Waals surface area contributed by atoms with E-state index < -0.39 is 0 Å². The molecule has 2 aliphatic rings. The number of fused-ring (bicyclic) bond motifs is 2. The van der Waals surface area contributed by atoms with Crippen molar-refractivity contribution < 1.29 is 18.7 Å².